The van der Waals surface area contributed by atoms with Crippen molar-refractivity contribution < 1.29 is 0 Å². The van der Waals surface area contributed by atoms with Gasteiger partial charge >= 0.3 is 0 Å². The quantitative estimate of drug-likeness (QED) is 0.668. The SMILES string of the molecule is Ic1ccc(Cn2cc(-c3ccccc3)nn2)cc1. The summed E-state index contributed by atoms with van der Waals surface area (Å²) in [5, 5.41) is 8.39. The van der Waals surface area contributed by atoms with Crippen molar-refractivity contribution >= 4 is 22.6 Å². The fraction of sp³-hybridized carbons (Fsp3) is 0.0667. The van der Waals surface area contributed by atoms with Gasteiger partial charge in [-0.25, -0.2) is 4.68 Å². The minimum absolute atomic E-state index is 0.747. The number of nitrogens with zero attached hydrogens (tertiary/aromatic N) is 3. The molecule has 0 saturated carbocycles. The second-order valence-corrected chi connectivity index (χ2v) is 5.54. The zero-order valence-electron chi connectivity index (χ0n) is 10.2. The highest BCUT2D eigenvalue weighted by Gasteiger charge is 2.03. The standard InChI is InChI=1S/C15H12IN3/c16-14-8-6-12(7-9-14)10-19-11-15(17-18-19)13-4-2-1-3-5-13/h1-9,11H,10H2. The molecule has 1 aromatic heterocycles. The van der Waals surface area contributed by atoms with Crippen LogP contribution in [0.15, 0.2) is 60.8 Å². The average molecular weight is 361 g/mol. The summed E-state index contributed by atoms with van der Waals surface area (Å²) in [6, 6.07) is 18.5. The highest BCUT2D eigenvalue weighted by Crippen LogP contribution is 2.15. The smallest absolute Gasteiger partial charge is 0.113 e. The van der Waals surface area contributed by atoms with Gasteiger partial charge in [0, 0.05) is 9.13 Å². The van der Waals surface area contributed by atoms with E-state index in [9.17, 15) is 0 Å². The van der Waals surface area contributed by atoms with Gasteiger partial charge in [0.05, 0.1) is 12.7 Å². The van der Waals surface area contributed by atoms with Crippen molar-refractivity contribution in [2.45, 2.75) is 6.54 Å². The van der Waals surface area contributed by atoms with Crippen LogP contribution in [0.25, 0.3) is 11.3 Å². The van der Waals surface area contributed by atoms with Gasteiger partial charge in [0.2, 0.25) is 0 Å². The van der Waals surface area contributed by atoms with Crippen LogP contribution in [0.5, 0.6) is 0 Å². The molecule has 3 rings (SSSR count). The van der Waals surface area contributed by atoms with Crippen molar-refractivity contribution in [3.05, 3.63) is 69.9 Å². The highest BCUT2D eigenvalue weighted by molar-refractivity contribution is 14.1. The highest BCUT2D eigenvalue weighted by atomic mass is 127. The Labute approximate surface area is 125 Å². The summed E-state index contributed by atoms with van der Waals surface area (Å²) in [6.07, 6.45) is 1.98. The molecule has 0 bridgehead atoms. The molecule has 0 aliphatic carbocycles. The van der Waals surface area contributed by atoms with Crippen LogP contribution >= 0.6 is 22.6 Å². The van der Waals surface area contributed by atoms with Crippen LogP contribution in [0.1, 0.15) is 5.56 Å². The third-order valence-corrected chi connectivity index (χ3v) is 3.59. The lowest BCUT2D eigenvalue weighted by atomic mass is 10.2. The molecule has 0 spiro atoms. The van der Waals surface area contributed by atoms with Crippen molar-refractivity contribution in [1.29, 1.82) is 0 Å². The molecular formula is C15H12IN3. The monoisotopic (exact) mass is 361 g/mol. The van der Waals surface area contributed by atoms with E-state index < -0.39 is 0 Å². The van der Waals surface area contributed by atoms with E-state index in [1.807, 2.05) is 41.2 Å². The van der Waals surface area contributed by atoms with Gasteiger partial charge in [-0.3, -0.25) is 0 Å². The van der Waals surface area contributed by atoms with Crippen LogP contribution in [0.2, 0.25) is 0 Å². The molecule has 3 aromatic rings. The predicted molar refractivity (Wildman–Crippen MR) is 83.7 cm³/mol. The van der Waals surface area contributed by atoms with Gasteiger partial charge < -0.3 is 0 Å². The molecule has 0 radical (unpaired) electrons. The van der Waals surface area contributed by atoms with Crippen molar-refractivity contribution in [1.82, 2.24) is 15.0 Å². The summed E-state index contributed by atoms with van der Waals surface area (Å²) in [6.45, 7) is 0.747. The van der Waals surface area contributed by atoms with Crippen LogP contribution in [-0.2, 0) is 6.54 Å². The fourth-order valence-corrected chi connectivity index (χ4v) is 2.25. The molecule has 0 aliphatic rings. The second-order valence-electron chi connectivity index (χ2n) is 4.29. The minimum atomic E-state index is 0.747. The van der Waals surface area contributed by atoms with Crippen LogP contribution < -0.4 is 0 Å². The molecule has 4 heteroatoms. The zero-order chi connectivity index (χ0) is 13.1. The van der Waals surface area contributed by atoms with E-state index in [4.69, 9.17) is 0 Å². The van der Waals surface area contributed by atoms with Gasteiger partial charge in [-0.05, 0) is 40.3 Å². The Kier molecular flexibility index (Phi) is 3.59. The summed E-state index contributed by atoms with van der Waals surface area (Å²) in [7, 11) is 0. The lowest BCUT2D eigenvalue weighted by Crippen LogP contribution is -2.00. The van der Waals surface area contributed by atoms with Crippen molar-refractivity contribution in [2.75, 3.05) is 0 Å². The van der Waals surface area contributed by atoms with E-state index in [1.165, 1.54) is 9.13 Å². The molecule has 0 unspecified atom stereocenters. The summed E-state index contributed by atoms with van der Waals surface area (Å²) in [5.41, 5.74) is 3.23. The maximum absolute atomic E-state index is 4.21. The predicted octanol–water partition coefficient (Wildman–Crippen LogP) is 3.60. The van der Waals surface area contributed by atoms with Gasteiger partial charge in [0.1, 0.15) is 5.69 Å². The van der Waals surface area contributed by atoms with Gasteiger partial charge in [-0.15, -0.1) is 5.10 Å². The molecule has 0 amide bonds. The Morgan fingerprint density at radius 1 is 0.947 bits per heavy atom. The molecular weight excluding hydrogens is 349 g/mol. The molecule has 0 N–H and O–H groups in total. The Balaban J connectivity index is 1.80. The largest absolute Gasteiger partial charge is 0.247 e. The van der Waals surface area contributed by atoms with E-state index in [0.29, 0.717) is 0 Å². The Hall–Kier alpha value is -1.69. The first-order valence-corrected chi connectivity index (χ1v) is 7.09. The number of hydrogen-bond donors (Lipinski definition) is 0. The third-order valence-electron chi connectivity index (χ3n) is 2.87. The Morgan fingerprint density at radius 2 is 1.68 bits per heavy atom. The lowest BCUT2D eigenvalue weighted by molar-refractivity contribution is 0.649. The molecule has 1 heterocycles. The third kappa shape index (κ3) is 3.01. The molecule has 94 valence electrons. The topological polar surface area (TPSA) is 30.7 Å². The van der Waals surface area contributed by atoms with E-state index >= 15 is 0 Å². The van der Waals surface area contributed by atoms with Crippen molar-refractivity contribution in [2.24, 2.45) is 0 Å². The van der Waals surface area contributed by atoms with E-state index in [1.54, 1.807) is 0 Å². The molecule has 0 saturated heterocycles. The Bertz CT molecular complexity index is 659. The summed E-state index contributed by atoms with van der Waals surface area (Å²) in [5.74, 6) is 0. The lowest BCUT2D eigenvalue weighted by Gasteiger charge is -2.00. The van der Waals surface area contributed by atoms with E-state index in [0.717, 1.165) is 17.8 Å². The summed E-state index contributed by atoms with van der Waals surface area (Å²) >= 11 is 2.30. The summed E-state index contributed by atoms with van der Waals surface area (Å²) < 4.78 is 3.11. The van der Waals surface area contributed by atoms with Crippen molar-refractivity contribution in [3.63, 3.8) is 0 Å². The number of halogens is 1. The average Bonchev–Trinajstić information content (AvgIpc) is 2.91. The first-order valence-electron chi connectivity index (χ1n) is 6.01. The van der Waals surface area contributed by atoms with Crippen LogP contribution in [0.3, 0.4) is 0 Å². The number of rotatable bonds is 3. The molecule has 0 fully saturated rings. The Morgan fingerprint density at radius 3 is 2.42 bits per heavy atom. The maximum atomic E-state index is 4.21. The van der Waals surface area contributed by atoms with Crippen molar-refractivity contribution in [3.8, 4) is 11.3 Å². The van der Waals surface area contributed by atoms with Gasteiger partial charge in [-0.1, -0.05) is 47.7 Å². The second kappa shape index (κ2) is 5.52. The molecule has 19 heavy (non-hydrogen) atoms. The molecule has 3 nitrogen and oxygen atoms in total. The first-order chi connectivity index (χ1) is 9.31. The van der Waals surface area contributed by atoms with Gasteiger partial charge in [0.25, 0.3) is 0 Å². The van der Waals surface area contributed by atoms with Crippen LogP contribution in [-0.4, -0.2) is 15.0 Å². The summed E-state index contributed by atoms with van der Waals surface area (Å²) in [4.78, 5) is 0. The van der Waals surface area contributed by atoms with E-state index in [-0.39, 0.29) is 0 Å². The maximum Gasteiger partial charge on any atom is 0.113 e. The fourth-order valence-electron chi connectivity index (χ4n) is 1.89. The molecule has 0 aliphatic heterocycles. The number of hydrogen-bond acceptors (Lipinski definition) is 2. The number of benzene rings is 2. The zero-order valence-corrected chi connectivity index (χ0v) is 12.4. The van der Waals surface area contributed by atoms with Crippen LogP contribution in [0, 0.1) is 3.57 Å². The van der Waals surface area contributed by atoms with Gasteiger partial charge in [0.15, 0.2) is 0 Å². The minimum Gasteiger partial charge on any atom is -0.247 e. The van der Waals surface area contributed by atoms with Crippen LogP contribution in [0.4, 0.5) is 0 Å². The van der Waals surface area contributed by atoms with Gasteiger partial charge in [-0.2, -0.15) is 0 Å². The van der Waals surface area contributed by atoms with E-state index in [2.05, 4.69) is 57.2 Å². The molecule has 0 atom stereocenters. The number of aromatic nitrogens is 3. The molecule has 2 aromatic carbocycles. The first kappa shape index (κ1) is 12.3. The normalized spacial score (nSPS) is 10.6.